The minimum absolute atomic E-state index is 0.204. The number of thiophene rings is 1. The molecule has 1 aliphatic rings. The van der Waals surface area contributed by atoms with Crippen molar-refractivity contribution in [2.45, 2.75) is 31.5 Å². The summed E-state index contributed by atoms with van der Waals surface area (Å²) < 4.78 is 26.5. The van der Waals surface area contributed by atoms with Gasteiger partial charge in [-0.15, -0.1) is 11.3 Å². The van der Waals surface area contributed by atoms with Crippen molar-refractivity contribution in [3.05, 3.63) is 40.0 Å². The first kappa shape index (κ1) is 20.8. The molecule has 0 saturated heterocycles. The summed E-state index contributed by atoms with van der Waals surface area (Å²) in [7, 11) is -4.06. The highest BCUT2D eigenvalue weighted by Crippen LogP contribution is 2.30. The Balaban J connectivity index is 1.71. The van der Waals surface area contributed by atoms with E-state index in [1.165, 1.54) is 23.9 Å². The maximum absolute atomic E-state index is 12.8. The van der Waals surface area contributed by atoms with Gasteiger partial charge in [0.05, 0.1) is 23.2 Å². The van der Waals surface area contributed by atoms with Crippen molar-refractivity contribution >= 4 is 33.2 Å². The minimum Gasteiger partial charge on any atom is -0.393 e. The van der Waals surface area contributed by atoms with Crippen LogP contribution in [0.2, 0.25) is 0 Å². The number of anilines is 1. The molecule has 0 unspecified atom stereocenters. The van der Waals surface area contributed by atoms with Gasteiger partial charge in [0.2, 0.25) is 5.78 Å². The van der Waals surface area contributed by atoms with Crippen LogP contribution in [-0.4, -0.2) is 48.0 Å². The van der Waals surface area contributed by atoms with E-state index >= 15 is 0 Å². The van der Waals surface area contributed by atoms with Crippen LogP contribution in [0.25, 0.3) is 0 Å². The van der Waals surface area contributed by atoms with Gasteiger partial charge in [0, 0.05) is 24.7 Å². The van der Waals surface area contributed by atoms with Crippen molar-refractivity contribution in [2.24, 2.45) is 16.8 Å². The SMILES string of the molecule is NCc1csc(C(=O)c2cncnc2N[C@@H]2C[C@H](COS(N)(=O)=O)[C@@H](O)C2)c1. The second-order valence-electron chi connectivity index (χ2n) is 6.55. The molecule has 3 rings (SSSR count). The van der Waals surface area contributed by atoms with Crippen molar-refractivity contribution in [3.63, 3.8) is 0 Å². The van der Waals surface area contributed by atoms with Gasteiger partial charge in [0.15, 0.2) is 0 Å². The number of carbonyl (C=O) groups excluding carboxylic acids is 1. The lowest BCUT2D eigenvalue weighted by Crippen LogP contribution is -2.24. The molecule has 2 heterocycles. The molecule has 0 amide bonds. The second-order valence-corrected chi connectivity index (χ2v) is 8.69. The predicted molar refractivity (Wildman–Crippen MR) is 103 cm³/mol. The number of nitrogens with zero attached hydrogens (tertiary/aromatic N) is 2. The highest BCUT2D eigenvalue weighted by atomic mass is 32.2. The molecule has 0 bridgehead atoms. The van der Waals surface area contributed by atoms with E-state index in [1.807, 2.05) is 5.38 Å². The molecule has 0 radical (unpaired) electrons. The molecule has 2 aromatic heterocycles. The molecule has 3 atom stereocenters. The molecular formula is C16H21N5O5S2. The summed E-state index contributed by atoms with van der Waals surface area (Å²) in [6, 6.07) is 1.53. The van der Waals surface area contributed by atoms with Crippen molar-refractivity contribution in [2.75, 3.05) is 11.9 Å². The normalized spacial score (nSPS) is 22.3. The predicted octanol–water partition coefficient (Wildman–Crippen LogP) is -0.000700. The standard InChI is InChI=1S/C16H21N5O5S2/c17-4-9-1-14(27-7-9)15(23)12-5-19-8-20-16(12)21-11-2-10(13(22)3-11)6-26-28(18,24)25/h1,5,7-8,10-11,13,22H,2-4,6,17H2,(H2,18,24,25)(H,19,20,21)/t10-,11-,13+/m1/s1. The third-order valence-electron chi connectivity index (χ3n) is 4.51. The summed E-state index contributed by atoms with van der Waals surface area (Å²) in [6.45, 7) is 0.146. The van der Waals surface area contributed by atoms with Gasteiger partial charge < -0.3 is 16.2 Å². The second kappa shape index (κ2) is 8.59. The van der Waals surface area contributed by atoms with Gasteiger partial charge in [-0.25, -0.2) is 15.1 Å². The van der Waals surface area contributed by atoms with E-state index in [-0.39, 0.29) is 18.4 Å². The van der Waals surface area contributed by atoms with Crippen molar-refractivity contribution < 1.29 is 22.5 Å². The van der Waals surface area contributed by atoms with Gasteiger partial charge in [-0.1, -0.05) is 0 Å². The first-order chi connectivity index (χ1) is 13.3. The first-order valence-corrected chi connectivity index (χ1v) is 10.9. The third-order valence-corrected chi connectivity index (χ3v) is 5.96. The van der Waals surface area contributed by atoms with E-state index in [1.54, 1.807) is 6.07 Å². The number of nitrogens with two attached hydrogens (primary N) is 2. The van der Waals surface area contributed by atoms with Crippen molar-refractivity contribution in [1.29, 1.82) is 0 Å². The van der Waals surface area contributed by atoms with Gasteiger partial charge in [-0.3, -0.25) is 8.98 Å². The first-order valence-electron chi connectivity index (χ1n) is 8.50. The van der Waals surface area contributed by atoms with Crippen LogP contribution in [0.5, 0.6) is 0 Å². The van der Waals surface area contributed by atoms with Crippen LogP contribution in [0.15, 0.2) is 24.0 Å². The number of hydrogen-bond donors (Lipinski definition) is 4. The molecule has 1 fully saturated rings. The van der Waals surface area contributed by atoms with Crippen LogP contribution in [0.1, 0.15) is 33.6 Å². The maximum atomic E-state index is 12.8. The highest BCUT2D eigenvalue weighted by Gasteiger charge is 2.34. The summed E-state index contributed by atoms with van der Waals surface area (Å²) in [4.78, 5) is 21.4. The topological polar surface area (TPSA) is 171 Å². The summed E-state index contributed by atoms with van der Waals surface area (Å²) in [5.74, 6) is -0.269. The van der Waals surface area contributed by atoms with E-state index in [9.17, 15) is 18.3 Å². The number of aliphatic hydroxyl groups is 1. The summed E-state index contributed by atoms with van der Waals surface area (Å²) in [6.07, 6.45) is 2.79. The molecule has 0 spiro atoms. The number of aromatic nitrogens is 2. The lowest BCUT2D eigenvalue weighted by molar-refractivity contribution is 0.101. The molecule has 152 valence electrons. The van der Waals surface area contributed by atoms with Crippen LogP contribution in [0.3, 0.4) is 0 Å². The molecule has 0 aliphatic heterocycles. The zero-order valence-corrected chi connectivity index (χ0v) is 16.4. The Labute approximate surface area is 166 Å². The lowest BCUT2D eigenvalue weighted by atomic mass is 10.1. The molecule has 1 aliphatic carbocycles. The zero-order chi connectivity index (χ0) is 20.3. The Morgan fingerprint density at radius 3 is 2.89 bits per heavy atom. The average molecular weight is 428 g/mol. The van der Waals surface area contributed by atoms with Crippen molar-refractivity contribution in [3.8, 4) is 0 Å². The molecular weight excluding hydrogens is 406 g/mol. The monoisotopic (exact) mass is 427 g/mol. The Morgan fingerprint density at radius 2 is 2.21 bits per heavy atom. The number of nitrogens with one attached hydrogen (secondary N) is 1. The third kappa shape index (κ3) is 5.10. The van der Waals surface area contributed by atoms with Gasteiger partial charge in [-0.2, -0.15) is 8.42 Å². The molecule has 10 nitrogen and oxygen atoms in total. The van der Waals surface area contributed by atoms with E-state index in [0.717, 1.165) is 5.56 Å². The summed E-state index contributed by atoms with van der Waals surface area (Å²) in [5, 5.41) is 20.0. The van der Waals surface area contributed by atoms with Crippen LogP contribution in [0.4, 0.5) is 5.82 Å². The van der Waals surface area contributed by atoms with E-state index in [4.69, 9.17) is 10.9 Å². The summed E-state index contributed by atoms with van der Waals surface area (Å²) >= 11 is 1.30. The Bertz CT molecular complexity index is 948. The van der Waals surface area contributed by atoms with E-state index < -0.39 is 22.3 Å². The Morgan fingerprint density at radius 1 is 1.43 bits per heavy atom. The fourth-order valence-corrected chi connectivity index (χ4v) is 4.36. The van der Waals surface area contributed by atoms with E-state index in [2.05, 4.69) is 19.5 Å². The van der Waals surface area contributed by atoms with Gasteiger partial charge >= 0.3 is 10.3 Å². The Hall–Kier alpha value is -1.96. The fourth-order valence-electron chi connectivity index (χ4n) is 3.12. The Kier molecular flexibility index (Phi) is 6.37. The molecule has 0 aromatic carbocycles. The molecule has 28 heavy (non-hydrogen) atoms. The molecule has 6 N–H and O–H groups in total. The molecule has 2 aromatic rings. The number of ketones is 1. The van der Waals surface area contributed by atoms with E-state index in [0.29, 0.717) is 35.6 Å². The highest BCUT2D eigenvalue weighted by molar-refractivity contribution is 7.84. The van der Waals surface area contributed by atoms with Gasteiger partial charge in [0.1, 0.15) is 12.1 Å². The fraction of sp³-hybridized carbons (Fsp3) is 0.438. The molecule has 1 saturated carbocycles. The lowest BCUT2D eigenvalue weighted by Gasteiger charge is -2.15. The summed E-state index contributed by atoms with van der Waals surface area (Å²) in [5.41, 5.74) is 6.78. The van der Waals surface area contributed by atoms with Crippen LogP contribution in [0, 0.1) is 5.92 Å². The van der Waals surface area contributed by atoms with Gasteiger partial charge in [0.25, 0.3) is 0 Å². The zero-order valence-electron chi connectivity index (χ0n) is 14.8. The number of carbonyl (C=O) groups is 1. The molecule has 12 heteroatoms. The minimum atomic E-state index is -4.06. The average Bonchev–Trinajstić information content (AvgIpc) is 3.26. The van der Waals surface area contributed by atoms with Gasteiger partial charge in [-0.05, 0) is 29.9 Å². The van der Waals surface area contributed by atoms with Crippen LogP contribution < -0.4 is 16.2 Å². The number of rotatable bonds is 8. The largest absolute Gasteiger partial charge is 0.393 e. The van der Waals surface area contributed by atoms with Crippen LogP contribution >= 0.6 is 11.3 Å². The number of aliphatic hydroxyl groups excluding tert-OH is 1. The maximum Gasteiger partial charge on any atom is 0.333 e. The van der Waals surface area contributed by atoms with Crippen LogP contribution in [-0.2, 0) is 21.0 Å². The smallest absolute Gasteiger partial charge is 0.333 e. The number of hydrogen-bond acceptors (Lipinski definition) is 10. The van der Waals surface area contributed by atoms with Crippen molar-refractivity contribution in [1.82, 2.24) is 9.97 Å². The quantitative estimate of drug-likeness (QED) is 0.423.